The molecule has 1 aromatic carbocycles. The molecular formula is C23H33F2N5O3S2. The number of carbonyl (C=O) groups is 1. The number of nitrogens with zero attached hydrogens (tertiary/aromatic N) is 2. The third-order valence-electron chi connectivity index (χ3n) is 5.94. The number of carbonyl (C=O) groups excluding carboxylic acids is 1. The number of halogens is 2. The van der Waals surface area contributed by atoms with Gasteiger partial charge in [-0.3, -0.25) is 4.79 Å². The summed E-state index contributed by atoms with van der Waals surface area (Å²) in [5.74, 6) is -2.76. The second-order valence-electron chi connectivity index (χ2n) is 8.60. The van der Waals surface area contributed by atoms with Gasteiger partial charge in [-0.2, -0.15) is 0 Å². The lowest BCUT2D eigenvalue weighted by atomic mass is 10.1. The molecule has 1 aliphatic heterocycles. The largest absolute Gasteiger partial charge is 0.382 e. The molecule has 0 unspecified atom stereocenters. The van der Waals surface area contributed by atoms with Crippen LogP contribution in [0.1, 0.15) is 60.7 Å². The number of benzene rings is 1. The number of piperidine rings is 1. The fourth-order valence-electron chi connectivity index (χ4n) is 3.97. The summed E-state index contributed by atoms with van der Waals surface area (Å²) in [6.45, 7) is 4.51. The predicted molar refractivity (Wildman–Crippen MR) is 135 cm³/mol. The van der Waals surface area contributed by atoms with E-state index in [2.05, 4.69) is 22.5 Å². The van der Waals surface area contributed by atoms with E-state index in [1.165, 1.54) is 16.8 Å². The van der Waals surface area contributed by atoms with Crippen LogP contribution in [-0.4, -0.2) is 61.5 Å². The Hall–Kier alpha value is -2.15. The molecule has 2 heterocycles. The van der Waals surface area contributed by atoms with E-state index in [4.69, 9.17) is 5.73 Å². The maximum absolute atomic E-state index is 14.0. The molecule has 0 atom stereocenters. The molecule has 0 aliphatic carbocycles. The van der Waals surface area contributed by atoms with Gasteiger partial charge in [0.15, 0.2) is 5.13 Å². The third-order valence-corrected chi connectivity index (χ3v) is 8.89. The van der Waals surface area contributed by atoms with Crippen LogP contribution < -0.4 is 16.4 Å². The number of nitrogens with one attached hydrogen (secondary N) is 2. The number of nitrogen functional groups attached to an aromatic ring is 1. The summed E-state index contributed by atoms with van der Waals surface area (Å²) in [6.07, 6.45) is 5.14. The van der Waals surface area contributed by atoms with Gasteiger partial charge < -0.3 is 16.4 Å². The first kappa shape index (κ1) is 27.4. The van der Waals surface area contributed by atoms with E-state index in [1.54, 1.807) is 0 Å². The highest BCUT2D eigenvalue weighted by molar-refractivity contribution is 7.89. The van der Waals surface area contributed by atoms with Crippen LogP contribution in [0, 0.1) is 11.6 Å². The van der Waals surface area contributed by atoms with Crippen molar-refractivity contribution in [3.05, 3.63) is 40.3 Å². The SMILES string of the molecule is CCCCCNCCCS(=O)(=O)N1CCC(Nc2nc(N)c(C(=O)c3c(F)cccc3F)s2)CC1. The van der Waals surface area contributed by atoms with E-state index in [0.717, 1.165) is 42.9 Å². The Bertz CT molecular complexity index is 1080. The number of hydrogen-bond acceptors (Lipinski definition) is 8. The summed E-state index contributed by atoms with van der Waals surface area (Å²) in [5, 5.41) is 6.83. The smallest absolute Gasteiger partial charge is 0.214 e. The van der Waals surface area contributed by atoms with Gasteiger partial charge in [-0.15, -0.1) is 0 Å². The first-order chi connectivity index (χ1) is 16.7. The zero-order valence-electron chi connectivity index (χ0n) is 19.9. The lowest BCUT2D eigenvalue weighted by molar-refractivity contribution is 0.103. The first-order valence-electron chi connectivity index (χ1n) is 11.9. The number of aromatic nitrogens is 1. The number of ketones is 1. The molecule has 194 valence electrons. The van der Waals surface area contributed by atoms with Crippen LogP contribution in [0.5, 0.6) is 0 Å². The summed E-state index contributed by atoms with van der Waals surface area (Å²) in [6, 6.07) is 3.15. The van der Waals surface area contributed by atoms with Crippen LogP contribution >= 0.6 is 11.3 Å². The fraction of sp³-hybridized carbons (Fsp3) is 0.565. The molecule has 35 heavy (non-hydrogen) atoms. The van der Waals surface area contributed by atoms with Crippen molar-refractivity contribution in [3.63, 3.8) is 0 Å². The zero-order valence-corrected chi connectivity index (χ0v) is 21.5. The molecule has 0 radical (unpaired) electrons. The van der Waals surface area contributed by atoms with Gasteiger partial charge in [0.1, 0.15) is 22.3 Å². The number of sulfonamides is 1. The van der Waals surface area contributed by atoms with Crippen molar-refractivity contribution in [2.24, 2.45) is 0 Å². The van der Waals surface area contributed by atoms with Crippen LogP contribution in [0.25, 0.3) is 0 Å². The summed E-state index contributed by atoms with van der Waals surface area (Å²) in [4.78, 5) is 16.7. The summed E-state index contributed by atoms with van der Waals surface area (Å²) in [5.41, 5.74) is 5.19. The molecule has 1 aliphatic rings. The van der Waals surface area contributed by atoms with Crippen molar-refractivity contribution in [2.75, 3.05) is 43.0 Å². The number of unbranched alkanes of at least 4 members (excludes halogenated alkanes) is 2. The molecule has 1 saturated heterocycles. The van der Waals surface area contributed by atoms with E-state index in [-0.39, 0.29) is 22.5 Å². The predicted octanol–water partition coefficient (Wildman–Crippen LogP) is 3.61. The molecule has 4 N–H and O–H groups in total. The standard InChI is InChI=1S/C23H33F2N5O3S2/c1-2-3-4-11-27-12-6-15-35(32,33)30-13-9-16(10-14-30)28-23-29-22(26)21(34-23)20(31)19-17(24)7-5-8-18(19)25/h5,7-8,16,27H,2-4,6,9-15,26H2,1H3,(H,28,29). The van der Waals surface area contributed by atoms with E-state index < -0.39 is 33.0 Å². The molecule has 2 aromatic rings. The van der Waals surface area contributed by atoms with E-state index >= 15 is 0 Å². The van der Waals surface area contributed by atoms with Crippen molar-refractivity contribution in [1.29, 1.82) is 0 Å². The van der Waals surface area contributed by atoms with E-state index in [1.807, 2.05) is 0 Å². The van der Waals surface area contributed by atoms with Gasteiger partial charge in [0.2, 0.25) is 15.8 Å². The first-order valence-corrected chi connectivity index (χ1v) is 14.4. The summed E-state index contributed by atoms with van der Waals surface area (Å²) >= 11 is 0.931. The second-order valence-corrected chi connectivity index (χ2v) is 11.7. The Kier molecular flexibility index (Phi) is 9.96. The molecule has 0 amide bonds. The van der Waals surface area contributed by atoms with Crippen molar-refractivity contribution in [2.45, 2.75) is 51.5 Å². The van der Waals surface area contributed by atoms with Crippen molar-refractivity contribution < 1.29 is 22.0 Å². The zero-order chi connectivity index (χ0) is 25.4. The summed E-state index contributed by atoms with van der Waals surface area (Å²) < 4.78 is 54.8. The van der Waals surface area contributed by atoms with Crippen LogP contribution in [-0.2, 0) is 10.0 Å². The van der Waals surface area contributed by atoms with Gasteiger partial charge in [-0.1, -0.05) is 37.2 Å². The topological polar surface area (TPSA) is 117 Å². The minimum absolute atomic E-state index is 0.0418. The lowest BCUT2D eigenvalue weighted by Gasteiger charge is -2.31. The number of anilines is 2. The average Bonchev–Trinajstić information content (AvgIpc) is 3.18. The maximum Gasteiger partial charge on any atom is 0.214 e. The Labute approximate surface area is 209 Å². The van der Waals surface area contributed by atoms with Crippen molar-refractivity contribution in [1.82, 2.24) is 14.6 Å². The van der Waals surface area contributed by atoms with Gasteiger partial charge in [0, 0.05) is 19.1 Å². The van der Waals surface area contributed by atoms with Gasteiger partial charge >= 0.3 is 0 Å². The third kappa shape index (κ3) is 7.42. The molecule has 0 bridgehead atoms. The number of thiazole rings is 1. The Balaban J connectivity index is 1.49. The van der Waals surface area contributed by atoms with Crippen molar-refractivity contribution in [3.8, 4) is 0 Å². The highest BCUT2D eigenvalue weighted by Gasteiger charge is 2.29. The van der Waals surface area contributed by atoms with Crippen LogP contribution in [0.2, 0.25) is 0 Å². The number of rotatable bonds is 13. The molecule has 3 rings (SSSR count). The quantitative estimate of drug-likeness (QED) is 0.268. The minimum atomic E-state index is -3.31. The number of nitrogens with two attached hydrogens (primary N) is 1. The Morgan fingerprint density at radius 1 is 1.17 bits per heavy atom. The highest BCUT2D eigenvalue weighted by Crippen LogP contribution is 2.30. The van der Waals surface area contributed by atoms with Gasteiger partial charge in [-0.25, -0.2) is 26.5 Å². The Morgan fingerprint density at radius 2 is 1.83 bits per heavy atom. The highest BCUT2D eigenvalue weighted by atomic mass is 32.2. The molecule has 12 heteroatoms. The Morgan fingerprint density at radius 3 is 2.49 bits per heavy atom. The lowest BCUT2D eigenvalue weighted by Crippen LogP contribution is -2.43. The van der Waals surface area contributed by atoms with Crippen LogP contribution in [0.15, 0.2) is 18.2 Å². The van der Waals surface area contributed by atoms with Gasteiger partial charge in [0.05, 0.1) is 11.3 Å². The van der Waals surface area contributed by atoms with Gasteiger partial charge in [-0.05, 0) is 50.9 Å². The fourth-order valence-corrected chi connectivity index (χ4v) is 6.41. The minimum Gasteiger partial charge on any atom is -0.382 e. The van der Waals surface area contributed by atoms with Crippen LogP contribution in [0.4, 0.5) is 19.7 Å². The van der Waals surface area contributed by atoms with Gasteiger partial charge in [0.25, 0.3) is 0 Å². The molecule has 0 saturated carbocycles. The molecule has 1 fully saturated rings. The molecular weight excluding hydrogens is 496 g/mol. The number of hydrogen-bond donors (Lipinski definition) is 3. The maximum atomic E-state index is 14.0. The second kappa shape index (κ2) is 12.7. The van der Waals surface area contributed by atoms with E-state index in [9.17, 15) is 22.0 Å². The molecule has 8 nitrogen and oxygen atoms in total. The van der Waals surface area contributed by atoms with Crippen molar-refractivity contribution >= 4 is 38.1 Å². The normalized spacial score (nSPS) is 15.4. The molecule has 0 spiro atoms. The van der Waals surface area contributed by atoms with E-state index in [0.29, 0.717) is 44.0 Å². The summed E-state index contributed by atoms with van der Waals surface area (Å²) in [7, 11) is -3.31. The molecule has 1 aromatic heterocycles. The average molecular weight is 530 g/mol. The van der Waals surface area contributed by atoms with Crippen LogP contribution in [0.3, 0.4) is 0 Å². The monoisotopic (exact) mass is 529 g/mol.